The Bertz CT molecular complexity index is 928. The number of aromatic nitrogens is 1. The van der Waals surface area contributed by atoms with Gasteiger partial charge in [-0.1, -0.05) is 55.1 Å². The first-order valence-electron chi connectivity index (χ1n) is 8.06. The van der Waals surface area contributed by atoms with Gasteiger partial charge in [0.2, 0.25) is 0 Å². The number of hydrogen-bond donors (Lipinski definition) is 1. The molecule has 1 aromatic heterocycles. The van der Waals surface area contributed by atoms with Crippen LogP contribution in [0.3, 0.4) is 0 Å². The van der Waals surface area contributed by atoms with Crippen LogP contribution in [0.2, 0.25) is 0 Å². The normalized spacial score (nSPS) is 13.8. The molecule has 3 nitrogen and oxygen atoms in total. The van der Waals surface area contributed by atoms with Gasteiger partial charge in [-0.3, -0.25) is 4.98 Å². The molecule has 122 valence electrons. The molecule has 0 spiro atoms. The SMILES string of the molecule is C=C/C=C\C1=C(CC#N)C=C(O)c2ncc(-c3ccccc3)cc2C1. The number of hydrogen-bond acceptors (Lipinski definition) is 3. The predicted octanol–water partition coefficient (Wildman–Crippen LogP) is 5.16. The molecule has 0 atom stereocenters. The minimum atomic E-state index is 0.0989. The number of nitriles is 1. The number of fused-ring (bicyclic) bond motifs is 1. The van der Waals surface area contributed by atoms with E-state index in [0.29, 0.717) is 12.1 Å². The lowest BCUT2D eigenvalue weighted by Crippen LogP contribution is -1.98. The topological polar surface area (TPSA) is 56.9 Å². The van der Waals surface area contributed by atoms with Crippen molar-refractivity contribution >= 4 is 5.76 Å². The van der Waals surface area contributed by atoms with Crippen molar-refractivity contribution in [1.82, 2.24) is 4.98 Å². The summed E-state index contributed by atoms with van der Waals surface area (Å²) in [5.41, 5.74) is 5.37. The molecule has 2 aromatic rings. The first kappa shape index (κ1) is 16.5. The van der Waals surface area contributed by atoms with Gasteiger partial charge in [-0.15, -0.1) is 0 Å². The fourth-order valence-electron chi connectivity index (χ4n) is 2.91. The van der Waals surface area contributed by atoms with Crippen LogP contribution < -0.4 is 0 Å². The van der Waals surface area contributed by atoms with Crippen LogP contribution in [0.25, 0.3) is 16.9 Å². The summed E-state index contributed by atoms with van der Waals surface area (Å²) in [4.78, 5) is 4.47. The third kappa shape index (κ3) is 3.59. The average molecular weight is 326 g/mol. The molecular formula is C22H18N2O. The van der Waals surface area contributed by atoms with Crippen molar-refractivity contribution in [2.24, 2.45) is 0 Å². The number of benzene rings is 1. The van der Waals surface area contributed by atoms with Crippen molar-refractivity contribution in [3.63, 3.8) is 0 Å². The second-order valence-electron chi connectivity index (χ2n) is 5.78. The summed E-state index contributed by atoms with van der Waals surface area (Å²) in [6.45, 7) is 3.70. The Balaban J connectivity index is 2.10. The summed E-state index contributed by atoms with van der Waals surface area (Å²) in [7, 11) is 0. The molecular weight excluding hydrogens is 308 g/mol. The molecule has 3 rings (SSSR count). The Hall–Kier alpha value is -3.38. The van der Waals surface area contributed by atoms with E-state index in [0.717, 1.165) is 27.8 Å². The molecule has 25 heavy (non-hydrogen) atoms. The van der Waals surface area contributed by atoms with E-state index in [1.54, 1.807) is 18.3 Å². The molecule has 0 unspecified atom stereocenters. The molecule has 0 bridgehead atoms. The van der Waals surface area contributed by atoms with Crippen LogP contribution in [0.15, 0.2) is 84.6 Å². The van der Waals surface area contributed by atoms with Crippen LogP contribution in [0.5, 0.6) is 0 Å². The second kappa shape index (κ2) is 7.46. The smallest absolute Gasteiger partial charge is 0.141 e. The van der Waals surface area contributed by atoms with Gasteiger partial charge in [0.05, 0.1) is 12.5 Å². The molecule has 1 N–H and O–H groups in total. The van der Waals surface area contributed by atoms with Crippen molar-refractivity contribution < 1.29 is 5.11 Å². The predicted molar refractivity (Wildman–Crippen MR) is 101 cm³/mol. The molecule has 0 fully saturated rings. The fraction of sp³-hybridized carbons (Fsp3) is 0.0909. The highest BCUT2D eigenvalue weighted by Gasteiger charge is 2.17. The lowest BCUT2D eigenvalue weighted by molar-refractivity contribution is 0.507. The van der Waals surface area contributed by atoms with Crippen LogP contribution in [0.1, 0.15) is 17.7 Å². The molecule has 1 aromatic carbocycles. The Morgan fingerprint density at radius 1 is 1.24 bits per heavy atom. The maximum absolute atomic E-state index is 10.5. The van der Waals surface area contributed by atoms with Gasteiger partial charge in [-0.2, -0.15) is 5.26 Å². The van der Waals surface area contributed by atoms with Gasteiger partial charge in [0.25, 0.3) is 0 Å². The third-order valence-electron chi connectivity index (χ3n) is 4.12. The van der Waals surface area contributed by atoms with Gasteiger partial charge in [-0.25, -0.2) is 0 Å². The molecule has 0 amide bonds. The lowest BCUT2D eigenvalue weighted by atomic mass is 9.97. The van der Waals surface area contributed by atoms with Crippen LogP contribution in [0.4, 0.5) is 0 Å². The van der Waals surface area contributed by atoms with Crippen LogP contribution >= 0.6 is 0 Å². The summed E-state index contributed by atoms with van der Waals surface area (Å²) < 4.78 is 0. The molecule has 0 saturated heterocycles. The van der Waals surface area contributed by atoms with E-state index in [1.165, 1.54) is 0 Å². The fourth-order valence-corrected chi connectivity index (χ4v) is 2.91. The van der Waals surface area contributed by atoms with Gasteiger partial charge in [0.15, 0.2) is 0 Å². The molecule has 1 aliphatic carbocycles. The lowest BCUT2D eigenvalue weighted by Gasteiger charge is -2.10. The first-order valence-corrected chi connectivity index (χ1v) is 8.06. The zero-order chi connectivity index (χ0) is 17.6. The largest absolute Gasteiger partial charge is 0.506 e. The van der Waals surface area contributed by atoms with E-state index in [1.807, 2.05) is 42.5 Å². The van der Waals surface area contributed by atoms with Gasteiger partial charge < -0.3 is 5.11 Å². The zero-order valence-electron chi connectivity index (χ0n) is 13.8. The highest BCUT2D eigenvalue weighted by Crippen LogP contribution is 2.30. The molecule has 1 aliphatic rings. The monoisotopic (exact) mass is 326 g/mol. The van der Waals surface area contributed by atoms with Gasteiger partial charge in [0.1, 0.15) is 11.5 Å². The van der Waals surface area contributed by atoms with E-state index in [2.05, 4.69) is 23.7 Å². The van der Waals surface area contributed by atoms with E-state index < -0.39 is 0 Å². The average Bonchev–Trinajstić information content (AvgIpc) is 2.77. The molecule has 3 heteroatoms. The van der Waals surface area contributed by atoms with Crippen LogP contribution in [-0.2, 0) is 6.42 Å². The van der Waals surface area contributed by atoms with Crippen molar-refractivity contribution in [3.8, 4) is 17.2 Å². The van der Waals surface area contributed by atoms with Gasteiger partial charge in [0, 0.05) is 18.2 Å². The van der Waals surface area contributed by atoms with Crippen molar-refractivity contribution in [2.45, 2.75) is 12.8 Å². The minimum absolute atomic E-state index is 0.0989. The number of allylic oxidation sites excluding steroid dienone is 6. The minimum Gasteiger partial charge on any atom is -0.506 e. The van der Waals surface area contributed by atoms with Crippen molar-refractivity contribution in [1.29, 1.82) is 5.26 Å². The molecule has 1 heterocycles. The van der Waals surface area contributed by atoms with Gasteiger partial charge >= 0.3 is 0 Å². The summed E-state index contributed by atoms with van der Waals surface area (Å²) in [5, 5.41) is 19.5. The number of aliphatic hydroxyl groups excluding tert-OH is 1. The summed E-state index contributed by atoms with van der Waals surface area (Å²) in [5.74, 6) is 0.0989. The Kier molecular flexibility index (Phi) is 4.92. The van der Waals surface area contributed by atoms with Crippen LogP contribution in [-0.4, -0.2) is 10.1 Å². The first-order chi connectivity index (χ1) is 12.2. The number of nitrogens with zero attached hydrogens (tertiary/aromatic N) is 2. The maximum atomic E-state index is 10.5. The van der Waals surface area contributed by atoms with E-state index in [4.69, 9.17) is 5.26 Å². The number of rotatable bonds is 4. The Morgan fingerprint density at radius 3 is 2.76 bits per heavy atom. The number of pyridine rings is 1. The molecule has 0 aliphatic heterocycles. The highest BCUT2D eigenvalue weighted by atomic mass is 16.3. The van der Waals surface area contributed by atoms with E-state index in [9.17, 15) is 5.11 Å². The van der Waals surface area contributed by atoms with E-state index in [-0.39, 0.29) is 12.2 Å². The maximum Gasteiger partial charge on any atom is 0.141 e. The summed E-state index contributed by atoms with van der Waals surface area (Å²) in [6, 6.07) is 14.2. The second-order valence-corrected chi connectivity index (χ2v) is 5.78. The number of aliphatic hydroxyl groups is 1. The van der Waals surface area contributed by atoms with Crippen molar-refractivity contribution in [2.75, 3.05) is 0 Å². The van der Waals surface area contributed by atoms with Gasteiger partial charge in [-0.05, 0) is 34.4 Å². The third-order valence-corrected chi connectivity index (χ3v) is 4.12. The standard InChI is InChI=1S/C22H18N2O/c1-2-3-7-17-12-19-13-20(16-8-5-4-6-9-16)15-24-22(19)21(25)14-18(17)10-11-23/h2-9,13-15,25H,1,10,12H2/b7-3-. The zero-order valence-corrected chi connectivity index (χ0v) is 13.8. The van der Waals surface area contributed by atoms with Crippen LogP contribution in [0, 0.1) is 11.3 Å². The van der Waals surface area contributed by atoms with Crippen molar-refractivity contribution in [3.05, 3.63) is 95.9 Å². The Labute approximate surface area is 147 Å². The quantitative estimate of drug-likeness (QED) is 0.790. The molecule has 0 radical (unpaired) electrons. The molecule has 0 saturated carbocycles. The van der Waals surface area contributed by atoms with E-state index >= 15 is 0 Å². The highest BCUT2D eigenvalue weighted by molar-refractivity contribution is 5.70. The Morgan fingerprint density at radius 2 is 2.04 bits per heavy atom. The summed E-state index contributed by atoms with van der Waals surface area (Å²) >= 11 is 0. The summed E-state index contributed by atoms with van der Waals surface area (Å²) in [6.07, 6.45) is 9.74.